The lowest BCUT2D eigenvalue weighted by Crippen LogP contribution is -2.41. The van der Waals surface area contributed by atoms with E-state index in [-0.39, 0.29) is 11.8 Å². The van der Waals surface area contributed by atoms with Crippen molar-refractivity contribution in [3.63, 3.8) is 0 Å². The van der Waals surface area contributed by atoms with Gasteiger partial charge in [-0.3, -0.25) is 4.79 Å². The van der Waals surface area contributed by atoms with Crippen molar-refractivity contribution in [3.8, 4) is 11.1 Å². The Morgan fingerprint density at radius 1 is 0.971 bits per heavy atom. The first-order valence-corrected chi connectivity index (χ1v) is 13.5. The predicted molar refractivity (Wildman–Crippen MR) is 139 cm³/mol. The largest absolute Gasteiger partial charge is 0.480 e. The third-order valence-corrected chi connectivity index (χ3v) is 6.83. The number of alkyl carbamates (subject to hydrolysis) is 1. The minimum atomic E-state index is -0.994. The quantitative estimate of drug-likeness (QED) is 0.323. The molecule has 0 radical (unpaired) electrons. The number of nitrogens with one attached hydrogen (secondary N) is 2. The van der Waals surface area contributed by atoms with Gasteiger partial charge in [-0.2, -0.15) is 11.8 Å². The molecular weight excluding hydrogens is 464 g/mol. The first kappa shape index (κ1) is 26.6. The minimum absolute atomic E-state index is 0.0424. The summed E-state index contributed by atoms with van der Waals surface area (Å²) in [6.07, 6.45) is 5.39. The van der Waals surface area contributed by atoms with Gasteiger partial charge >= 0.3 is 12.1 Å². The second-order valence-electron chi connectivity index (χ2n) is 8.66. The van der Waals surface area contributed by atoms with Crippen LogP contribution in [0.3, 0.4) is 0 Å². The van der Waals surface area contributed by atoms with E-state index in [2.05, 4.69) is 34.9 Å². The molecule has 0 bridgehead atoms. The number of hydrogen-bond donors (Lipinski definition) is 3. The maximum absolute atomic E-state index is 12.2. The van der Waals surface area contributed by atoms with Crippen molar-refractivity contribution >= 4 is 29.7 Å². The Morgan fingerprint density at radius 3 is 2.23 bits per heavy atom. The molecule has 0 aliphatic heterocycles. The topological polar surface area (TPSA) is 105 Å². The molecule has 0 spiro atoms. The molecule has 1 atom stereocenters. The van der Waals surface area contributed by atoms with Crippen LogP contribution in [-0.4, -0.2) is 54.3 Å². The summed E-state index contributed by atoms with van der Waals surface area (Å²) < 4.78 is 5.53. The van der Waals surface area contributed by atoms with Gasteiger partial charge in [-0.1, -0.05) is 61.4 Å². The fourth-order valence-corrected chi connectivity index (χ4v) is 4.83. The third kappa shape index (κ3) is 7.75. The van der Waals surface area contributed by atoms with Gasteiger partial charge in [0.05, 0.1) is 0 Å². The first-order valence-electron chi connectivity index (χ1n) is 12.1. The van der Waals surface area contributed by atoms with E-state index in [1.165, 1.54) is 22.3 Å². The van der Waals surface area contributed by atoms with Gasteiger partial charge in [0.15, 0.2) is 0 Å². The number of aliphatic carboxylic acids is 1. The van der Waals surface area contributed by atoms with Crippen LogP contribution < -0.4 is 10.6 Å². The Balaban J connectivity index is 1.29. The SMILES string of the molecule is CSCCC(NC(=O)CCCCCCNC(=O)OCC1c2ccccc2-c2ccccc21)C(=O)O. The summed E-state index contributed by atoms with van der Waals surface area (Å²) in [6, 6.07) is 15.6. The van der Waals surface area contributed by atoms with Gasteiger partial charge in [-0.05, 0) is 53.5 Å². The van der Waals surface area contributed by atoms with E-state index in [1.54, 1.807) is 11.8 Å². The molecule has 0 aromatic heterocycles. The second-order valence-corrected chi connectivity index (χ2v) is 9.64. The van der Waals surface area contributed by atoms with Crippen molar-refractivity contribution in [2.45, 2.75) is 50.5 Å². The lowest BCUT2D eigenvalue weighted by molar-refractivity contribution is -0.141. The number of carboxylic acid groups (broad SMARTS) is 1. The van der Waals surface area contributed by atoms with Crippen LogP contribution in [0, 0.1) is 0 Å². The van der Waals surface area contributed by atoms with E-state index in [1.807, 2.05) is 30.5 Å². The average molecular weight is 499 g/mol. The molecule has 1 unspecified atom stereocenters. The van der Waals surface area contributed by atoms with Crippen molar-refractivity contribution in [1.29, 1.82) is 0 Å². The molecule has 0 heterocycles. The van der Waals surface area contributed by atoms with Crippen LogP contribution in [0.15, 0.2) is 48.5 Å². The van der Waals surface area contributed by atoms with Crippen LogP contribution >= 0.6 is 11.8 Å². The minimum Gasteiger partial charge on any atom is -0.480 e. The zero-order valence-corrected chi connectivity index (χ0v) is 20.9. The number of carbonyl (C=O) groups is 3. The molecule has 2 aromatic rings. The van der Waals surface area contributed by atoms with Crippen molar-refractivity contribution in [2.75, 3.05) is 25.2 Å². The summed E-state index contributed by atoms with van der Waals surface area (Å²) in [5.41, 5.74) is 4.77. The van der Waals surface area contributed by atoms with Gasteiger partial charge < -0.3 is 20.5 Å². The first-order chi connectivity index (χ1) is 17.0. The summed E-state index contributed by atoms with van der Waals surface area (Å²) >= 11 is 1.56. The van der Waals surface area contributed by atoms with Gasteiger partial charge in [0.1, 0.15) is 12.6 Å². The summed E-state index contributed by atoms with van der Waals surface area (Å²) in [7, 11) is 0. The van der Waals surface area contributed by atoms with Crippen molar-refractivity contribution < 1.29 is 24.2 Å². The van der Waals surface area contributed by atoms with Crippen LogP contribution in [0.5, 0.6) is 0 Å². The fraction of sp³-hybridized carbons (Fsp3) is 0.444. The molecule has 3 rings (SSSR count). The number of thioether (sulfide) groups is 1. The molecular formula is C27H34N2O5S. The van der Waals surface area contributed by atoms with Gasteiger partial charge in [0.2, 0.25) is 5.91 Å². The third-order valence-electron chi connectivity index (χ3n) is 6.19. The van der Waals surface area contributed by atoms with Crippen molar-refractivity contribution in [1.82, 2.24) is 10.6 Å². The lowest BCUT2D eigenvalue weighted by Gasteiger charge is -2.14. The lowest BCUT2D eigenvalue weighted by atomic mass is 9.98. The van der Waals surface area contributed by atoms with Crippen LogP contribution in [0.2, 0.25) is 0 Å². The normalized spacial score (nSPS) is 12.9. The number of ether oxygens (including phenoxy) is 1. The van der Waals surface area contributed by atoms with E-state index >= 15 is 0 Å². The number of amides is 2. The highest BCUT2D eigenvalue weighted by atomic mass is 32.2. The Kier molecular flexibility index (Phi) is 10.5. The Hall–Kier alpha value is -3.00. The number of hydrogen-bond acceptors (Lipinski definition) is 5. The molecule has 7 nitrogen and oxygen atoms in total. The molecule has 1 aliphatic rings. The van der Waals surface area contributed by atoms with E-state index in [4.69, 9.17) is 4.74 Å². The maximum atomic E-state index is 12.2. The number of carbonyl (C=O) groups excluding carboxylic acids is 2. The van der Waals surface area contributed by atoms with E-state index < -0.39 is 18.1 Å². The Morgan fingerprint density at radius 2 is 1.60 bits per heavy atom. The smallest absolute Gasteiger partial charge is 0.407 e. The van der Waals surface area contributed by atoms with E-state index in [9.17, 15) is 19.5 Å². The number of fused-ring (bicyclic) bond motifs is 3. The highest BCUT2D eigenvalue weighted by Crippen LogP contribution is 2.44. The van der Waals surface area contributed by atoms with Crippen molar-refractivity contribution in [2.24, 2.45) is 0 Å². The zero-order valence-electron chi connectivity index (χ0n) is 20.1. The predicted octanol–water partition coefficient (Wildman–Crippen LogP) is 4.80. The second kappa shape index (κ2) is 13.8. The molecule has 8 heteroatoms. The summed E-state index contributed by atoms with van der Waals surface area (Å²) in [5.74, 6) is -0.490. The molecule has 0 saturated heterocycles. The molecule has 3 N–H and O–H groups in total. The summed E-state index contributed by atoms with van der Waals surface area (Å²) in [5, 5.41) is 14.6. The standard InChI is InChI=1S/C27H34N2O5S/c1-35-17-15-24(26(31)32)29-25(30)14-4-2-3-9-16-28-27(33)34-18-23-21-12-7-5-10-19(21)20-11-6-8-13-22(20)23/h5-8,10-13,23-24H,2-4,9,14-18H2,1H3,(H,28,33)(H,29,30)(H,31,32). The molecule has 0 saturated carbocycles. The monoisotopic (exact) mass is 498 g/mol. The molecule has 2 aromatic carbocycles. The highest BCUT2D eigenvalue weighted by molar-refractivity contribution is 7.98. The number of unbranched alkanes of at least 4 members (excludes halogenated alkanes) is 3. The van der Waals surface area contributed by atoms with Crippen LogP contribution in [0.25, 0.3) is 11.1 Å². The number of carboxylic acids is 1. The summed E-state index contributed by atoms with van der Waals surface area (Å²) in [4.78, 5) is 35.4. The maximum Gasteiger partial charge on any atom is 0.407 e. The fourth-order valence-electron chi connectivity index (χ4n) is 4.36. The average Bonchev–Trinajstić information content (AvgIpc) is 3.18. The molecule has 35 heavy (non-hydrogen) atoms. The van der Waals surface area contributed by atoms with Crippen molar-refractivity contribution in [3.05, 3.63) is 59.7 Å². The highest BCUT2D eigenvalue weighted by Gasteiger charge is 2.28. The van der Waals surface area contributed by atoms with Gasteiger partial charge in [-0.25, -0.2) is 9.59 Å². The number of rotatable bonds is 14. The summed E-state index contributed by atoms with van der Waals surface area (Å²) in [6.45, 7) is 0.807. The molecule has 188 valence electrons. The van der Waals surface area contributed by atoms with Gasteiger partial charge in [-0.15, -0.1) is 0 Å². The van der Waals surface area contributed by atoms with E-state index in [0.29, 0.717) is 38.2 Å². The zero-order chi connectivity index (χ0) is 25.0. The molecule has 0 fully saturated rings. The molecule has 1 aliphatic carbocycles. The Bertz CT molecular complexity index is 967. The van der Waals surface area contributed by atoms with Crippen LogP contribution in [0.4, 0.5) is 4.79 Å². The Labute approximate surface area is 211 Å². The molecule has 2 amide bonds. The van der Waals surface area contributed by atoms with E-state index in [0.717, 1.165) is 19.3 Å². The van der Waals surface area contributed by atoms with Crippen LogP contribution in [0.1, 0.15) is 55.6 Å². The number of benzene rings is 2. The van der Waals surface area contributed by atoms with Crippen LogP contribution in [-0.2, 0) is 14.3 Å². The van der Waals surface area contributed by atoms with Gasteiger partial charge in [0.25, 0.3) is 0 Å². The van der Waals surface area contributed by atoms with Gasteiger partial charge in [0, 0.05) is 18.9 Å².